The Hall–Kier alpha value is -2.44. The molecule has 1 unspecified atom stereocenters. The predicted molar refractivity (Wildman–Crippen MR) is 99.1 cm³/mol. The van der Waals surface area contributed by atoms with E-state index in [9.17, 15) is 0 Å². The largest absolute Gasteiger partial charge is 0.497 e. The molecular weight excluding hydrogens is 334 g/mol. The van der Waals surface area contributed by atoms with Crippen LogP contribution in [0.25, 0.3) is 11.5 Å². The summed E-state index contributed by atoms with van der Waals surface area (Å²) in [7, 11) is 3.76. The number of ether oxygens (including phenoxy) is 1. The number of aryl methyl sites for hydroxylation is 1. The molecule has 0 amide bonds. The summed E-state index contributed by atoms with van der Waals surface area (Å²) in [5, 5.41) is 4.52. The molecule has 130 valence electrons. The Morgan fingerprint density at radius 3 is 2.56 bits per heavy atom. The number of benzene rings is 2. The fourth-order valence-corrected chi connectivity index (χ4v) is 2.89. The zero-order valence-electron chi connectivity index (χ0n) is 14.7. The van der Waals surface area contributed by atoms with Gasteiger partial charge < -0.3 is 14.1 Å². The Kier molecular flexibility index (Phi) is 5.31. The van der Waals surface area contributed by atoms with E-state index in [0.29, 0.717) is 17.4 Å². The molecule has 0 radical (unpaired) electrons. The molecule has 2 aromatic carbocycles. The number of nitrogens with zero attached hydrogens (tertiary/aromatic N) is 2. The number of hydrogen-bond donors (Lipinski definition) is 1. The summed E-state index contributed by atoms with van der Waals surface area (Å²) in [6.45, 7) is 3.68. The minimum atomic E-state index is 0.384. The second-order valence-corrected chi connectivity index (χ2v) is 6.47. The van der Waals surface area contributed by atoms with Gasteiger partial charge >= 0.3 is 0 Å². The number of nitrogens with one attached hydrogen (secondary N) is 1. The number of quaternary nitrogens is 1. The molecule has 0 fully saturated rings. The lowest BCUT2D eigenvalue weighted by Gasteiger charge is -2.14. The van der Waals surface area contributed by atoms with Gasteiger partial charge in [0.25, 0.3) is 4.84 Å². The predicted octanol–water partition coefficient (Wildman–Crippen LogP) is 2.86. The highest BCUT2D eigenvalue weighted by Gasteiger charge is 2.13. The van der Waals surface area contributed by atoms with Gasteiger partial charge in [-0.1, -0.05) is 24.3 Å². The quantitative estimate of drug-likeness (QED) is 0.690. The number of aromatic nitrogens is 2. The Labute approximate surface area is 152 Å². The maximum atomic E-state index is 5.66. The minimum Gasteiger partial charge on any atom is -0.497 e. The second-order valence-electron chi connectivity index (χ2n) is 6.12. The van der Waals surface area contributed by atoms with Crippen LogP contribution in [-0.2, 0) is 13.2 Å². The smallest absolute Gasteiger partial charge is 0.292 e. The first kappa shape index (κ1) is 17.4. The Balaban J connectivity index is 1.74. The monoisotopic (exact) mass is 356 g/mol. The lowest BCUT2D eigenvalue weighted by molar-refractivity contribution is -0.917. The maximum Gasteiger partial charge on any atom is 0.292 e. The highest BCUT2D eigenvalue weighted by atomic mass is 32.1. The molecule has 5 nitrogen and oxygen atoms in total. The minimum absolute atomic E-state index is 0.384. The van der Waals surface area contributed by atoms with E-state index in [1.165, 1.54) is 16.0 Å². The third kappa shape index (κ3) is 4.15. The van der Waals surface area contributed by atoms with Crippen molar-refractivity contribution < 1.29 is 14.1 Å². The van der Waals surface area contributed by atoms with Gasteiger partial charge in [0.1, 0.15) is 12.3 Å². The van der Waals surface area contributed by atoms with Gasteiger partial charge in [0.05, 0.1) is 14.2 Å². The van der Waals surface area contributed by atoms with Crippen molar-refractivity contribution >= 4 is 12.2 Å². The van der Waals surface area contributed by atoms with Crippen LogP contribution in [0.5, 0.6) is 5.75 Å². The molecule has 3 rings (SSSR count). The van der Waals surface area contributed by atoms with Crippen LogP contribution >= 0.6 is 12.2 Å². The van der Waals surface area contributed by atoms with E-state index in [4.69, 9.17) is 21.4 Å². The van der Waals surface area contributed by atoms with Crippen molar-refractivity contribution in [1.82, 2.24) is 9.78 Å². The fourth-order valence-electron chi connectivity index (χ4n) is 2.70. The van der Waals surface area contributed by atoms with Gasteiger partial charge in [0.15, 0.2) is 6.67 Å². The lowest BCUT2D eigenvalue weighted by Crippen LogP contribution is -3.07. The SMILES string of the molecule is COc1ccc(-c2nn(C[NH+](C)Cc3ccccc3C)c(=S)o2)cc1. The van der Waals surface area contributed by atoms with Crippen LogP contribution in [0.15, 0.2) is 52.9 Å². The molecule has 6 heteroatoms. The van der Waals surface area contributed by atoms with Crippen LogP contribution in [0.4, 0.5) is 0 Å². The molecule has 3 aromatic rings. The first-order chi connectivity index (χ1) is 12.1. The average molecular weight is 356 g/mol. The Morgan fingerprint density at radius 1 is 1.16 bits per heavy atom. The van der Waals surface area contributed by atoms with E-state index < -0.39 is 0 Å². The summed E-state index contributed by atoms with van der Waals surface area (Å²) >= 11 is 5.33. The molecule has 25 heavy (non-hydrogen) atoms. The van der Waals surface area contributed by atoms with Crippen LogP contribution in [0.3, 0.4) is 0 Å². The topological polar surface area (TPSA) is 44.6 Å². The van der Waals surface area contributed by atoms with Crippen LogP contribution in [0.2, 0.25) is 0 Å². The van der Waals surface area contributed by atoms with Gasteiger partial charge in [-0.05, 0) is 49.0 Å². The van der Waals surface area contributed by atoms with Crippen molar-refractivity contribution in [3.8, 4) is 17.2 Å². The summed E-state index contributed by atoms with van der Waals surface area (Å²) < 4.78 is 12.6. The van der Waals surface area contributed by atoms with E-state index in [2.05, 4.69) is 43.3 Å². The Bertz CT molecular complexity index is 900. The van der Waals surface area contributed by atoms with Gasteiger partial charge in [-0.15, -0.1) is 5.10 Å². The standard InChI is InChI=1S/C19H21N3O2S/c1-14-6-4-5-7-16(14)12-21(2)13-22-19(25)24-18(20-22)15-8-10-17(23-3)11-9-15/h4-11H,12-13H2,1-3H3/p+1. The van der Waals surface area contributed by atoms with Crippen molar-refractivity contribution in [3.05, 3.63) is 64.5 Å². The van der Waals surface area contributed by atoms with Crippen molar-refractivity contribution in [2.45, 2.75) is 20.1 Å². The van der Waals surface area contributed by atoms with Crippen molar-refractivity contribution in [1.29, 1.82) is 0 Å². The molecular formula is C19H22N3O2S+. The molecule has 0 saturated heterocycles. The molecule has 0 spiro atoms. The van der Waals surface area contributed by atoms with Gasteiger partial charge in [-0.25, -0.2) is 0 Å². The second kappa shape index (κ2) is 7.63. The van der Waals surface area contributed by atoms with Crippen molar-refractivity contribution in [3.63, 3.8) is 0 Å². The first-order valence-corrected chi connectivity index (χ1v) is 8.56. The van der Waals surface area contributed by atoms with Gasteiger partial charge in [-0.2, -0.15) is 4.68 Å². The molecule has 0 aliphatic rings. The van der Waals surface area contributed by atoms with Gasteiger partial charge in [0, 0.05) is 11.1 Å². The van der Waals surface area contributed by atoms with E-state index >= 15 is 0 Å². The van der Waals surface area contributed by atoms with Crippen LogP contribution < -0.4 is 9.64 Å². The van der Waals surface area contributed by atoms with Crippen molar-refractivity contribution in [2.75, 3.05) is 14.2 Å². The van der Waals surface area contributed by atoms with E-state index in [0.717, 1.165) is 17.9 Å². The van der Waals surface area contributed by atoms with Crippen LogP contribution in [0, 0.1) is 11.8 Å². The number of rotatable bonds is 6. The molecule has 0 bridgehead atoms. The summed E-state index contributed by atoms with van der Waals surface area (Å²) in [5.74, 6) is 1.32. The third-order valence-electron chi connectivity index (χ3n) is 4.12. The third-order valence-corrected chi connectivity index (χ3v) is 4.41. The Morgan fingerprint density at radius 2 is 1.88 bits per heavy atom. The molecule has 0 aliphatic carbocycles. The fraction of sp³-hybridized carbons (Fsp3) is 0.263. The van der Waals surface area contributed by atoms with E-state index in [1.54, 1.807) is 11.8 Å². The average Bonchev–Trinajstić information content (AvgIpc) is 2.97. The highest BCUT2D eigenvalue weighted by molar-refractivity contribution is 7.71. The zero-order chi connectivity index (χ0) is 17.8. The lowest BCUT2D eigenvalue weighted by atomic mass is 10.1. The van der Waals surface area contributed by atoms with E-state index in [-0.39, 0.29) is 0 Å². The van der Waals surface area contributed by atoms with E-state index in [1.807, 2.05) is 24.3 Å². The molecule has 0 aliphatic heterocycles. The molecule has 0 saturated carbocycles. The molecule has 1 N–H and O–H groups in total. The number of methoxy groups -OCH3 is 1. The van der Waals surface area contributed by atoms with Crippen LogP contribution in [-0.4, -0.2) is 23.9 Å². The molecule has 1 atom stereocenters. The molecule has 1 aromatic heterocycles. The zero-order valence-corrected chi connectivity index (χ0v) is 15.5. The summed E-state index contributed by atoms with van der Waals surface area (Å²) in [5.41, 5.74) is 3.50. The molecule has 1 heterocycles. The van der Waals surface area contributed by atoms with Gasteiger partial charge in [0.2, 0.25) is 5.89 Å². The van der Waals surface area contributed by atoms with Crippen molar-refractivity contribution in [2.24, 2.45) is 0 Å². The summed E-state index contributed by atoms with van der Waals surface area (Å²) in [4.78, 5) is 1.66. The summed E-state index contributed by atoms with van der Waals surface area (Å²) in [6.07, 6.45) is 0. The summed E-state index contributed by atoms with van der Waals surface area (Å²) in [6, 6.07) is 16.0. The maximum absolute atomic E-state index is 5.66. The number of hydrogen-bond acceptors (Lipinski definition) is 4. The van der Waals surface area contributed by atoms with Gasteiger partial charge in [-0.3, -0.25) is 0 Å². The van der Waals surface area contributed by atoms with Crippen LogP contribution in [0.1, 0.15) is 11.1 Å². The normalized spacial score (nSPS) is 12.1. The first-order valence-electron chi connectivity index (χ1n) is 8.15. The highest BCUT2D eigenvalue weighted by Crippen LogP contribution is 2.20.